The molecule has 1 aliphatic heterocycles. The van der Waals surface area contributed by atoms with Crippen molar-refractivity contribution < 1.29 is 17.6 Å². The molecule has 1 atom stereocenters. The van der Waals surface area contributed by atoms with Crippen LogP contribution in [-0.4, -0.2) is 37.4 Å². The van der Waals surface area contributed by atoms with Crippen molar-refractivity contribution in [2.24, 2.45) is 0 Å². The number of benzene rings is 4. The molecule has 1 saturated heterocycles. The van der Waals surface area contributed by atoms with Crippen LogP contribution in [0.3, 0.4) is 0 Å². The molecule has 39 heavy (non-hydrogen) atoms. The SMILES string of the molecule is O=C(N[C@@H]1CCN(c2ccc(F)cc2)C1)c1ccc(S(=O)(=O)n2cc(-c3ccccc3)c3ccccc32)cc1. The van der Waals surface area contributed by atoms with E-state index in [0.29, 0.717) is 17.6 Å². The second-order valence-corrected chi connectivity index (χ2v) is 11.4. The highest BCUT2D eigenvalue weighted by Gasteiger charge is 2.26. The van der Waals surface area contributed by atoms with E-state index in [4.69, 9.17) is 0 Å². The Morgan fingerprint density at radius 2 is 1.54 bits per heavy atom. The van der Waals surface area contributed by atoms with Crippen LogP contribution in [0.25, 0.3) is 22.0 Å². The highest BCUT2D eigenvalue weighted by Crippen LogP contribution is 2.33. The molecule has 8 heteroatoms. The first-order valence-electron chi connectivity index (χ1n) is 12.7. The number of fused-ring (bicyclic) bond motifs is 1. The Hall–Kier alpha value is -4.43. The van der Waals surface area contributed by atoms with E-state index < -0.39 is 10.0 Å². The lowest BCUT2D eigenvalue weighted by Gasteiger charge is -2.19. The van der Waals surface area contributed by atoms with E-state index in [1.165, 1.54) is 28.2 Å². The average Bonchev–Trinajstić information content (AvgIpc) is 3.59. The fourth-order valence-electron chi connectivity index (χ4n) is 5.12. The van der Waals surface area contributed by atoms with E-state index >= 15 is 0 Å². The third-order valence-electron chi connectivity index (χ3n) is 7.15. The molecule has 1 fully saturated rings. The van der Waals surface area contributed by atoms with Crippen LogP contribution in [0.5, 0.6) is 0 Å². The quantitative estimate of drug-likeness (QED) is 0.301. The van der Waals surface area contributed by atoms with Crippen molar-refractivity contribution in [3.63, 3.8) is 0 Å². The molecule has 0 unspecified atom stereocenters. The summed E-state index contributed by atoms with van der Waals surface area (Å²) in [6, 6.07) is 29.4. The number of aromatic nitrogens is 1. The molecule has 0 radical (unpaired) electrons. The van der Waals surface area contributed by atoms with Crippen LogP contribution in [0.4, 0.5) is 10.1 Å². The summed E-state index contributed by atoms with van der Waals surface area (Å²) in [5.74, 6) is -0.544. The van der Waals surface area contributed by atoms with E-state index in [-0.39, 0.29) is 22.7 Å². The van der Waals surface area contributed by atoms with Gasteiger partial charge in [0.2, 0.25) is 0 Å². The highest BCUT2D eigenvalue weighted by molar-refractivity contribution is 7.90. The first-order chi connectivity index (χ1) is 18.9. The number of carbonyl (C=O) groups is 1. The minimum atomic E-state index is -3.91. The summed E-state index contributed by atoms with van der Waals surface area (Å²) in [5.41, 5.74) is 3.65. The first kappa shape index (κ1) is 24.9. The van der Waals surface area contributed by atoms with Gasteiger partial charge < -0.3 is 10.2 Å². The Bertz CT molecular complexity index is 1750. The standard InChI is InChI=1S/C31H26FN3O3S/c32-24-12-14-26(15-13-24)34-19-18-25(20-34)33-31(36)23-10-16-27(17-11-23)39(37,38)35-21-29(22-6-2-1-3-7-22)28-8-4-5-9-30(28)35/h1-17,21,25H,18-20H2,(H,33,36)/t25-/m1/s1. The third kappa shape index (κ3) is 4.79. The maximum atomic E-state index is 13.7. The molecule has 6 nitrogen and oxygen atoms in total. The minimum Gasteiger partial charge on any atom is -0.369 e. The van der Waals surface area contributed by atoms with Gasteiger partial charge in [0.05, 0.1) is 10.4 Å². The van der Waals surface area contributed by atoms with Gasteiger partial charge in [0.15, 0.2) is 0 Å². The van der Waals surface area contributed by atoms with Crippen LogP contribution in [0, 0.1) is 5.82 Å². The summed E-state index contributed by atoms with van der Waals surface area (Å²) in [6.07, 6.45) is 2.42. The molecule has 6 rings (SSSR count). The van der Waals surface area contributed by atoms with Gasteiger partial charge in [-0.15, -0.1) is 0 Å². The predicted molar refractivity (Wildman–Crippen MR) is 151 cm³/mol. The molecule has 0 saturated carbocycles. The largest absolute Gasteiger partial charge is 0.369 e. The zero-order valence-corrected chi connectivity index (χ0v) is 21.8. The lowest BCUT2D eigenvalue weighted by atomic mass is 10.1. The maximum Gasteiger partial charge on any atom is 0.268 e. The van der Waals surface area contributed by atoms with Gasteiger partial charge in [0.1, 0.15) is 5.82 Å². The average molecular weight is 540 g/mol. The molecular formula is C31H26FN3O3S. The molecule has 1 N–H and O–H groups in total. The van der Waals surface area contributed by atoms with Gasteiger partial charge >= 0.3 is 0 Å². The fourth-order valence-corrected chi connectivity index (χ4v) is 6.49. The summed E-state index contributed by atoms with van der Waals surface area (Å²) in [6.45, 7) is 1.37. The van der Waals surface area contributed by atoms with Crippen LogP contribution >= 0.6 is 0 Å². The van der Waals surface area contributed by atoms with E-state index in [2.05, 4.69) is 10.2 Å². The molecule has 5 aromatic rings. The Kier molecular flexibility index (Phi) is 6.40. The Morgan fingerprint density at radius 1 is 0.846 bits per heavy atom. The van der Waals surface area contributed by atoms with E-state index in [1.54, 1.807) is 36.5 Å². The van der Waals surface area contributed by atoms with Crippen molar-refractivity contribution in [2.45, 2.75) is 17.4 Å². The third-order valence-corrected chi connectivity index (χ3v) is 8.84. The maximum absolute atomic E-state index is 13.7. The predicted octanol–water partition coefficient (Wildman–Crippen LogP) is 5.69. The van der Waals surface area contributed by atoms with Crippen LogP contribution in [0.2, 0.25) is 0 Å². The van der Waals surface area contributed by atoms with E-state index in [9.17, 15) is 17.6 Å². The fraction of sp³-hybridized carbons (Fsp3) is 0.129. The monoisotopic (exact) mass is 539 g/mol. The number of hydrogen-bond donors (Lipinski definition) is 1. The van der Waals surface area contributed by atoms with Crippen molar-refractivity contribution in [2.75, 3.05) is 18.0 Å². The molecule has 1 amide bonds. The van der Waals surface area contributed by atoms with Gasteiger partial charge in [0, 0.05) is 47.5 Å². The normalized spacial score (nSPS) is 15.5. The van der Waals surface area contributed by atoms with E-state index in [0.717, 1.165) is 35.2 Å². The van der Waals surface area contributed by atoms with Crippen molar-refractivity contribution >= 4 is 32.5 Å². The summed E-state index contributed by atoms with van der Waals surface area (Å²) in [5, 5.41) is 3.87. The second kappa shape index (κ2) is 10.0. The summed E-state index contributed by atoms with van der Waals surface area (Å²) in [7, 11) is -3.91. The smallest absolute Gasteiger partial charge is 0.268 e. The number of rotatable bonds is 6. The molecule has 196 valence electrons. The van der Waals surface area contributed by atoms with Crippen LogP contribution in [-0.2, 0) is 10.0 Å². The Balaban J connectivity index is 1.21. The number of hydrogen-bond acceptors (Lipinski definition) is 4. The van der Waals surface area contributed by atoms with Crippen LogP contribution in [0.1, 0.15) is 16.8 Å². The summed E-state index contributed by atoms with van der Waals surface area (Å²) >= 11 is 0. The number of nitrogens with zero attached hydrogens (tertiary/aromatic N) is 2. The molecule has 1 aromatic heterocycles. The lowest BCUT2D eigenvalue weighted by Crippen LogP contribution is -2.37. The number of para-hydroxylation sites is 1. The number of carbonyl (C=O) groups excluding carboxylic acids is 1. The Morgan fingerprint density at radius 3 is 2.28 bits per heavy atom. The van der Waals surface area contributed by atoms with Crippen molar-refractivity contribution in [3.8, 4) is 11.1 Å². The zero-order chi connectivity index (χ0) is 27.0. The van der Waals surface area contributed by atoms with Gasteiger partial charge in [-0.25, -0.2) is 16.8 Å². The van der Waals surface area contributed by atoms with Gasteiger partial charge in [-0.1, -0.05) is 48.5 Å². The van der Waals surface area contributed by atoms with Crippen molar-refractivity contribution in [1.82, 2.24) is 9.29 Å². The van der Waals surface area contributed by atoms with Crippen molar-refractivity contribution in [3.05, 3.63) is 121 Å². The summed E-state index contributed by atoms with van der Waals surface area (Å²) < 4.78 is 41.9. The molecule has 2 heterocycles. The number of nitrogens with one attached hydrogen (secondary N) is 1. The van der Waals surface area contributed by atoms with Crippen LogP contribution < -0.4 is 10.2 Å². The number of amides is 1. The lowest BCUT2D eigenvalue weighted by molar-refractivity contribution is 0.0940. The second-order valence-electron chi connectivity index (χ2n) is 9.63. The molecule has 0 spiro atoms. The topological polar surface area (TPSA) is 71.4 Å². The molecule has 4 aromatic carbocycles. The molecule has 1 aliphatic rings. The van der Waals surface area contributed by atoms with Gasteiger partial charge in [-0.3, -0.25) is 4.79 Å². The van der Waals surface area contributed by atoms with Crippen LogP contribution in [0.15, 0.2) is 114 Å². The van der Waals surface area contributed by atoms with Gasteiger partial charge in [-0.05, 0) is 66.6 Å². The zero-order valence-electron chi connectivity index (χ0n) is 21.0. The number of anilines is 1. The Labute approximate surface area is 226 Å². The van der Waals surface area contributed by atoms with Gasteiger partial charge in [0.25, 0.3) is 15.9 Å². The highest BCUT2D eigenvalue weighted by atomic mass is 32.2. The minimum absolute atomic E-state index is 0.0615. The van der Waals surface area contributed by atoms with E-state index in [1.807, 2.05) is 48.5 Å². The van der Waals surface area contributed by atoms with Crippen molar-refractivity contribution in [1.29, 1.82) is 0 Å². The summed E-state index contributed by atoms with van der Waals surface area (Å²) in [4.78, 5) is 15.1. The molecule has 0 bridgehead atoms. The van der Waals surface area contributed by atoms with Gasteiger partial charge in [-0.2, -0.15) is 0 Å². The first-order valence-corrected chi connectivity index (χ1v) is 14.2. The number of halogens is 1. The molecule has 0 aliphatic carbocycles. The molecular weight excluding hydrogens is 513 g/mol.